The molecule has 0 aliphatic heterocycles. The van der Waals surface area contributed by atoms with Crippen molar-refractivity contribution in [1.29, 1.82) is 0 Å². The van der Waals surface area contributed by atoms with Crippen LogP contribution in [0.5, 0.6) is 11.5 Å². The number of rotatable bonds is 8. The van der Waals surface area contributed by atoms with Gasteiger partial charge in [0, 0.05) is 36.5 Å². The molecule has 4 aromatic rings. The van der Waals surface area contributed by atoms with E-state index in [-0.39, 0.29) is 12.2 Å². The molecule has 186 valence electrons. The summed E-state index contributed by atoms with van der Waals surface area (Å²) in [6, 6.07) is 14.3. The molecule has 36 heavy (non-hydrogen) atoms. The second-order valence-electron chi connectivity index (χ2n) is 7.85. The molecule has 0 atom stereocenters. The second-order valence-corrected chi connectivity index (χ2v) is 10.5. The highest BCUT2D eigenvalue weighted by Gasteiger charge is 2.15. The average molecular weight is 654 g/mol. The van der Waals surface area contributed by atoms with Gasteiger partial charge < -0.3 is 9.47 Å². The van der Waals surface area contributed by atoms with Crippen molar-refractivity contribution in [2.45, 2.75) is 26.4 Å². The van der Waals surface area contributed by atoms with Crippen molar-refractivity contribution < 1.29 is 9.47 Å². The van der Waals surface area contributed by atoms with E-state index in [1.807, 2.05) is 25.1 Å². The molecule has 0 spiro atoms. The highest BCUT2D eigenvalue weighted by atomic mass is 79.9. The summed E-state index contributed by atoms with van der Waals surface area (Å²) in [4.78, 5) is 18.0. The van der Waals surface area contributed by atoms with Gasteiger partial charge in [0.2, 0.25) is 0 Å². The number of nitrogens with zero attached hydrogens (tertiary/aromatic N) is 3. The summed E-state index contributed by atoms with van der Waals surface area (Å²) in [5.74, 6) is 1.53. The fourth-order valence-corrected chi connectivity index (χ4v) is 4.88. The van der Waals surface area contributed by atoms with E-state index >= 15 is 0 Å². The van der Waals surface area contributed by atoms with Gasteiger partial charge in [-0.3, -0.25) is 4.79 Å². The summed E-state index contributed by atoms with van der Waals surface area (Å²) in [5.41, 5.74) is 1.75. The number of halogens is 4. The largest absolute Gasteiger partial charge is 0.493 e. The predicted molar refractivity (Wildman–Crippen MR) is 152 cm³/mol. The second kappa shape index (κ2) is 11.8. The zero-order valence-electron chi connectivity index (χ0n) is 19.4. The third-order valence-electron chi connectivity index (χ3n) is 5.32. The van der Waals surface area contributed by atoms with Crippen molar-refractivity contribution >= 4 is 72.2 Å². The molecule has 3 aromatic carbocycles. The van der Waals surface area contributed by atoms with Crippen LogP contribution in [0.4, 0.5) is 0 Å². The van der Waals surface area contributed by atoms with Crippen LogP contribution < -0.4 is 15.0 Å². The first kappa shape index (κ1) is 26.7. The Hall–Kier alpha value is -2.39. The van der Waals surface area contributed by atoms with Gasteiger partial charge in [-0.05, 0) is 48.9 Å². The van der Waals surface area contributed by atoms with Crippen LogP contribution in [0.2, 0.25) is 10.0 Å². The minimum atomic E-state index is -0.252. The zero-order chi connectivity index (χ0) is 25.8. The maximum Gasteiger partial charge on any atom is 0.282 e. The highest BCUT2D eigenvalue weighted by molar-refractivity contribution is 9.10. The summed E-state index contributed by atoms with van der Waals surface area (Å²) in [6.45, 7) is 2.21. The van der Waals surface area contributed by atoms with Gasteiger partial charge in [0.25, 0.3) is 5.56 Å². The van der Waals surface area contributed by atoms with E-state index in [9.17, 15) is 4.79 Å². The fraction of sp³-hybridized carbons (Fsp3) is 0.192. The topological polar surface area (TPSA) is 65.7 Å². The van der Waals surface area contributed by atoms with Crippen LogP contribution in [-0.2, 0) is 13.0 Å². The highest BCUT2D eigenvalue weighted by Crippen LogP contribution is 2.35. The van der Waals surface area contributed by atoms with Gasteiger partial charge in [-0.2, -0.15) is 9.78 Å². The van der Waals surface area contributed by atoms with Crippen molar-refractivity contribution in [2.24, 2.45) is 5.10 Å². The SMILES string of the molecule is CCCc1nc2ccc(Br)cc2c(=O)n1N=Cc1cc(Br)cc(OC)c1OCc1ccc(Cl)cc1Cl. The molecule has 1 aromatic heterocycles. The van der Waals surface area contributed by atoms with Crippen LogP contribution in [0, 0.1) is 0 Å². The third kappa shape index (κ3) is 5.94. The Morgan fingerprint density at radius 2 is 1.89 bits per heavy atom. The molecule has 10 heteroatoms. The Balaban J connectivity index is 1.78. The minimum Gasteiger partial charge on any atom is -0.493 e. The molecule has 0 bridgehead atoms. The Bertz CT molecular complexity index is 1520. The van der Waals surface area contributed by atoms with E-state index in [4.69, 9.17) is 32.7 Å². The molecule has 0 aliphatic carbocycles. The molecule has 0 amide bonds. The Kier molecular flexibility index (Phi) is 8.72. The number of hydrogen-bond acceptors (Lipinski definition) is 5. The quantitative estimate of drug-likeness (QED) is 0.183. The molecule has 0 saturated carbocycles. The zero-order valence-corrected chi connectivity index (χ0v) is 24.1. The Labute approximate surface area is 235 Å². The number of fused-ring (bicyclic) bond motifs is 1. The molecule has 4 rings (SSSR count). The van der Waals surface area contributed by atoms with E-state index in [1.165, 1.54) is 4.68 Å². The van der Waals surface area contributed by atoms with E-state index in [0.29, 0.717) is 50.3 Å². The molecule has 0 saturated heterocycles. The van der Waals surface area contributed by atoms with E-state index in [0.717, 1.165) is 20.9 Å². The van der Waals surface area contributed by atoms with Gasteiger partial charge in [0.15, 0.2) is 11.5 Å². The van der Waals surface area contributed by atoms with Gasteiger partial charge in [-0.1, -0.05) is 68.1 Å². The molecule has 0 aliphatic rings. The maximum atomic E-state index is 13.3. The van der Waals surface area contributed by atoms with Crippen LogP contribution in [0.15, 0.2) is 67.4 Å². The van der Waals surface area contributed by atoms with Gasteiger partial charge in [0.05, 0.1) is 24.2 Å². The predicted octanol–water partition coefficient (Wildman–Crippen LogP) is 7.65. The van der Waals surface area contributed by atoms with Gasteiger partial charge in [0.1, 0.15) is 12.4 Å². The standard InChI is InChI=1S/C26H21Br2Cl2N3O3/c1-3-4-24-32-22-8-6-17(27)10-20(22)26(34)33(24)31-13-16-9-18(28)11-23(35-2)25(16)36-14-15-5-7-19(29)12-21(15)30/h5-13H,3-4,14H2,1-2H3. The lowest BCUT2D eigenvalue weighted by molar-refractivity contribution is 0.284. The summed E-state index contributed by atoms with van der Waals surface area (Å²) >= 11 is 19.3. The average Bonchev–Trinajstić information content (AvgIpc) is 2.84. The number of benzene rings is 3. The van der Waals surface area contributed by atoms with Crippen LogP contribution >= 0.6 is 55.1 Å². The van der Waals surface area contributed by atoms with E-state index in [2.05, 4.69) is 41.9 Å². The number of aromatic nitrogens is 2. The maximum absolute atomic E-state index is 13.3. The van der Waals surface area contributed by atoms with Crippen molar-refractivity contribution in [1.82, 2.24) is 9.66 Å². The van der Waals surface area contributed by atoms with Gasteiger partial charge in [-0.15, -0.1) is 0 Å². The number of methoxy groups -OCH3 is 1. The molecule has 0 fully saturated rings. The van der Waals surface area contributed by atoms with E-state index in [1.54, 1.807) is 43.7 Å². The van der Waals surface area contributed by atoms with Crippen LogP contribution in [0.25, 0.3) is 10.9 Å². The number of aryl methyl sites for hydroxylation is 1. The molecule has 0 radical (unpaired) electrons. The summed E-state index contributed by atoms with van der Waals surface area (Å²) in [7, 11) is 1.56. The molecule has 0 unspecified atom stereocenters. The Morgan fingerprint density at radius 3 is 2.61 bits per heavy atom. The molecule has 1 heterocycles. The lowest BCUT2D eigenvalue weighted by Gasteiger charge is -2.15. The monoisotopic (exact) mass is 651 g/mol. The molecular formula is C26H21Br2Cl2N3O3. The number of hydrogen-bond donors (Lipinski definition) is 0. The lowest BCUT2D eigenvalue weighted by atomic mass is 10.2. The summed E-state index contributed by atoms with van der Waals surface area (Å²) < 4.78 is 14.6. The van der Waals surface area contributed by atoms with Crippen molar-refractivity contribution in [3.05, 3.63) is 94.8 Å². The first-order valence-corrected chi connectivity index (χ1v) is 13.3. The first-order valence-electron chi connectivity index (χ1n) is 11.0. The minimum absolute atomic E-state index is 0.182. The van der Waals surface area contributed by atoms with Gasteiger partial charge in [-0.25, -0.2) is 4.98 Å². The van der Waals surface area contributed by atoms with Crippen molar-refractivity contribution in [3.63, 3.8) is 0 Å². The van der Waals surface area contributed by atoms with Crippen LogP contribution in [0.1, 0.15) is 30.3 Å². The van der Waals surface area contributed by atoms with Gasteiger partial charge >= 0.3 is 0 Å². The molecule has 6 nitrogen and oxygen atoms in total. The smallest absolute Gasteiger partial charge is 0.282 e. The lowest BCUT2D eigenvalue weighted by Crippen LogP contribution is -2.22. The van der Waals surface area contributed by atoms with Crippen molar-refractivity contribution in [2.75, 3.05) is 7.11 Å². The summed E-state index contributed by atoms with van der Waals surface area (Å²) in [5, 5.41) is 6.05. The Morgan fingerprint density at radius 1 is 1.08 bits per heavy atom. The van der Waals surface area contributed by atoms with Crippen molar-refractivity contribution in [3.8, 4) is 11.5 Å². The first-order chi connectivity index (χ1) is 17.3. The fourth-order valence-electron chi connectivity index (χ4n) is 3.60. The van der Waals surface area contributed by atoms with Crippen LogP contribution in [-0.4, -0.2) is 23.0 Å². The van der Waals surface area contributed by atoms with E-state index < -0.39 is 0 Å². The summed E-state index contributed by atoms with van der Waals surface area (Å²) in [6.07, 6.45) is 2.97. The molecular weight excluding hydrogens is 633 g/mol. The molecule has 0 N–H and O–H groups in total. The third-order valence-corrected chi connectivity index (χ3v) is 6.85. The number of ether oxygens (including phenoxy) is 2. The normalized spacial score (nSPS) is 11.4. The van der Waals surface area contributed by atoms with Crippen LogP contribution in [0.3, 0.4) is 0 Å².